The van der Waals surface area contributed by atoms with Gasteiger partial charge in [-0.15, -0.1) is 11.8 Å². The number of hydrogen-bond donors (Lipinski definition) is 0. The van der Waals surface area contributed by atoms with E-state index in [-0.39, 0.29) is 5.91 Å². The van der Waals surface area contributed by atoms with Crippen molar-refractivity contribution in [3.63, 3.8) is 0 Å². The molecule has 29 heavy (non-hydrogen) atoms. The van der Waals surface area contributed by atoms with Gasteiger partial charge in [0.05, 0.1) is 10.2 Å². The molecule has 2 aromatic carbocycles. The van der Waals surface area contributed by atoms with Crippen molar-refractivity contribution in [1.82, 2.24) is 9.88 Å². The van der Waals surface area contributed by atoms with E-state index >= 15 is 0 Å². The molecule has 0 bridgehead atoms. The van der Waals surface area contributed by atoms with Crippen molar-refractivity contribution in [1.29, 1.82) is 0 Å². The number of amides is 1. The number of benzene rings is 2. The van der Waals surface area contributed by atoms with Crippen molar-refractivity contribution in [3.8, 4) is 0 Å². The maximum Gasteiger partial charge on any atom is 0.253 e. The fourth-order valence-corrected chi connectivity index (χ4v) is 5.47. The minimum absolute atomic E-state index is 0.126. The maximum absolute atomic E-state index is 12.9. The van der Waals surface area contributed by atoms with Gasteiger partial charge in [0.25, 0.3) is 5.91 Å². The van der Waals surface area contributed by atoms with Crippen LogP contribution in [0.5, 0.6) is 0 Å². The molecule has 0 unspecified atom stereocenters. The Balaban J connectivity index is 1.40. The van der Waals surface area contributed by atoms with Crippen molar-refractivity contribution in [2.45, 2.75) is 37.8 Å². The number of aryl methyl sites for hydroxylation is 2. The lowest BCUT2D eigenvalue weighted by Crippen LogP contribution is -2.48. The number of thiazole rings is 1. The lowest BCUT2D eigenvalue weighted by molar-refractivity contribution is 0.0746. The number of carbonyl (C=O) groups is 1. The zero-order valence-electron chi connectivity index (χ0n) is 17.4. The third-order valence-electron chi connectivity index (χ3n) is 5.30. The first kappa shape index (κ1) is 20.2. The van der Waals surface area contributed by atoms with Gasteiger partial charge in [0.15, 0.2) is 5.13 Å². The van der Waals surface area contributed by atoms with Crippen molar-refractivity contribution < 1.29 is 4.79 Å². The second kappa shape index (κ2) is 8.36. The molecule has 3 aromatic rings. The second-order valence-corrected chi connectivity index (χ2v) is 10.5. The molecule has 0 saturated carbocycles. The lowest BCUT2D eigenvalue weighted by Gasteiger charge is -2.34. The van der Waals surface area contributed by atoms with Crippen LogP contribution in [0.1, 0.15) is 35.3 Å². The molecule has 6 heteroatoms. The Morgan fingerprint density at radius 2 is 1.69 bits per heavy atom. The molecule has 0 atom stereocenters. The number of rotatable bonds is 4. The molecule has 1 fully saturated rings. The Labute approximate surface area is 180 Å². The van der Waals surface area contributed by atoms with Gasteiger partial charge in [-0.05, 0) is 61.4 Å². The fraction of sp³-hybridized carbons (Fsp3) is 0.391. The smallest absolute Gasteiger partial charge is 0.253 e. The van der Waals surface area contributed by atoms with Crippen molar-refractivity contribution in [2.75, 3.05) is 31.1 Å². The van der Waals surface area contributed by atoms with Crippen molar-refractivity contribution >= 4 is 44.4 Å². The average Bonchev–Trinajstić information content (AvgIpc) is 3.11. The summed E-state index contributed by atoms with van der Waals surface area (Å²) in [6.07, 6.45) is 0. The zero-order valence-corrected chi connectivity index (χ0v) is 19.1. The first-order valence-electron chi connectivity index (χ1n) is 10.1. The Morgan fingerprint density at radius 3 is 2.34 bits per heavy atom. The number of hydrogen-bond acceptors (Lipinski definition) is 5. The highest BCUT2D eigenvalue weighted by molar-refractivity contribution is 7.99. The van der Waals surface area contributed by atoms with Gasteiger partial charge in [-0.25, -0.2) is 4.98 Å². The topological polar surface area (TPSA) is 36.4 Å². The molecule has 0 N–H and O–H groups in total. The molecule has 1 saturated heterocycles. The normalized spacial score (nSPS) is 14.8. The third kappa shape index (κ3) is 4.43. The number of carbonyl (C=O) groups excluding carboxylic acids is 1. The number of thioether (sulfide) groups is 1. The summed E-state index contributed by atoms with van der Waals surface area (Å²) in [4.78, 5) is 23.2. The van der Waals surface area contributed by atoms with E-state index in [1.807, 2.05) is 28.8 Å². The molecule has 0 radical (unpaired) electrons. The number of fused-ring (bicyclic) bond motifs is 1. The van der Waals surface area contributed by atoms with E-state index in [0.29, 0.717) is 5.25 Å². The molecule has 0 aliphatic carbocycles. The molecule has 2 heterocycles. The van der Waals surface area contributed by atoms with Crippen LogP contribution in [0.25, 0.3) is 10.2 Å². The second-order valence-electron chi connectivity index (χ2n) is 7.87. The average molecular weight is 426 g/mol. The molecular weight excluding hydrogens is 398 g/mol. The first-order chi connectivity index (χ1) is 13.9. The van der Waals surface area contributed by atoms with Gasteiger partial charge in [0.2, 0.25) is 0 Å². The summed E-state index contributed by atoms with van der Waals surface area (Å²) < 4.78 is 1.24. The van der Waals surface area contributed by atoms with E-state index in [1.54, 1.807) is 11.3 Å². The maximum atomic E-state index is 12.9. The van der Waals surface area contributed by atoms with Crippen LogP contribution >= 0.6 is 23.1 Å². The molecule has 1 amide bonds. The monoisotopic (exact) mass is 425 g/mol. The third-order valence-corrected chi connectivity index (χ3v) is 7.40. The van der Waals surface area contributed by atoms with E-state index in [4.69, 9.17) is 4.98 Å². The van der Waals surface area contributed by atoms with Crippen LogP contribution in [0.2, 0.25) is 0 Å². The Bertz CT molecular complexity index is 980. The molecule has 4 nitrogen and oxygen atoms in total. The Hall–Kier alpha value is -2.05. The molecule has 152 valence electrons. The fourth-order valence-electron chi connectivity index (χ4n) is 3.53. The van der Waals surface area contributed by atoms with Gasteiger partial charge in [-0.2, -0.15) is 0 Å². The van der Waals surface area contributed by atoms with Crippen LogP contribution in [0.15, 0.2) is 41.3 Å². The first-order valence-corrected chi connectivity index (χ1v) is 11.8. The number of nitrogens with zero attached hydrogens (tertiary/aromatic N) is 3. The van der Waals surface area contributed by atoms with E-state index in [0.717, 1.165) is 42.4 Å². The largest absolute Gasteiger partial charge is 0.345 e. The number of piperazine rings is 1. The van der Waals surface area contributed by atoms with Crippen LogP contribution < -0.4 is 4.90 Å². The zero-order chi connectivity index (χ0) is 20.5. The van der Waals surface area contributed by atoms with Gasteiger partial charge in [0, 0.05) is 41.9 Å². The summed E-state index contributed by atoms with van der Waals surface area (Å²) in [7, 11) is 0. The van der Waals surface area contributed by atoms with Gasteiger partial charge < -0.3 is 9.80 Å². The number of aromatic nitrogens is 1. The predicted molar refractivity (Wildman–Crippen MR) is 125 cm³/mol. The van der Waals surface area contributed by atoms with Crippen LogP contribution in [0.4, 0.5) is 5.13 Å². The molecule has 1 aliphatic rings. The summed E-state index contributed by atoms with van der Waals surface area (Å²) in [5.74, 6) is 0.126. The molecule has 0 spiro atoms. The summed E-state index contributed by atoms with van der Waals surface area (Å²) in [5.41, 5.74) is 4.44. The molecule has 1 aliphatic heterocycles. The van der Waals surface area contributed by atoms with Crippen LogP contribution in [-0.2, 0) is 0 Å². The molecule has 1 aromatic heterocycles. The van der Waals surface area contributed by atoms with E-state index in [1.165, 1.54) is 20.7 Å². The van der Waals surface area contributed by atoms with Gasteiger partial charge in [0.1, 0.15) is 0 Å². The SMILES string of the molecule is Cc1cc2nc(N3CCN(C(=O)c4ccc(SC(C)C)cc4)CC3)sc2cc1C. The Morgan fingerprint density at radius 1 is 1.03 bits per heavy atom. The van der Waals surface area contributed by atoms with Crippen LogP contribution in [-0.4, -0.2) is 47.2 Å². The van der Waals surface area contributed by atoms with Crippen LogP contribution in [0, 0.1) is 13.8 Å². The van der Waals surface area contributed by atoms with Gasteiger partial charge in [-0.3, -0.25) is 4.79 Å². The molecule has 4 rings (SSSR count). The van der Waals surface area contributed by atoms with Gasteiger partial charge >= 0.3 is 0 Å². The summed E-state index contributed by atoms with van der Waals surface area (Å²) >= 11 is 3.57. The lowest BCUT2D eigenvalue weighted by atomic mass is 10.1. The highest BCUT2D eigenvalue weighted by Crippen LogP contribution is 2.31. The standard InChI is InChI=1S/C23H27N3OS2/c1-15(2)28-19-7-5-18(6-8-19)22(27)25-9-11-26(12-10-25)23-24-20-13-16(3)17(4)14-21(20)29-23/h5-8,13-15H,9-12H2,1-4H3. The summed E-state index contributed by atoms with van der Waals surface area (Å²) in [6.45, 7) is 11.7. The van der Waals surface area contributed by atoms with E-state index in [2.05, 4.69) is 56.9 Å². The summed E-state index contributed by atoms with van der Waals surface area (Å²) in [6, 6.07) is 12.4. The Kier molecular flexibility index (Phi) is 5.83. The molecular formula is C23H27N3OS2. The minimum Gasteiger partial charge on any atom is -0.345 e. The minimum atomic E-state index is 0.126. The van der Waals surface area contributed by atoms with E-state index < -0.39 is 0 Å². The quantitative estimate of drug-likeness (QED) is 0.526. The van der Waals surface area contributed by atoms with Crippen molar-refractivity contribution in [3.05, 3.63) is 53.1 Å². The van der Waals surface area contributed by atoms with Gasteiger partial charge in [-0.1, -0.05) is 25.2 Å². The van der Waals surface area contributed by atoms with E-state index in [9.17, 15) is 4.79 Å². The summed E-state index contributed by atoms with van der Waals surface area (Å²) in [5, 5.41) is 1.60. The highest BCUT2D eigenvalue weighted by Gasteiger charge is 2.24. The van der Waals surface area contributed by atoms with Crippen LogP contribution in [0.3, 0.4) is 0 Å². The highest BCUT2D eigenvalue weighted by atomic mass is 32.2. The predicted octanol–water partition coefficient (Wildman–Crippen LogP) is 5.38. The van der Waals surface area contributed by atoms with Crippen molar-refractivity contribution in [2.24, 2.45) is 0 Å². The number of anilines is 1.